The molecule has 104 valence electrons. The highest BCUT2D eigenvalue weighted by Crippen LogP contribution is 2.19. The largest absolute Gasteiger partial charge is 0.145 e. The number of aryl methyl sites for hydroxylation is 3. The number of thiophene rings is 1. The Kier molecular flexibility index (Phi) is 5.44. The van der Waals surface area contributed by atoms with Crippen molar-refractivity contribution in [2.24, 2.45) is 0 Å². The normalized spacial score (nSPS) is 10.2. The second-order valence-electron chi connectivity index (χ2n) is 5.23. The van der Waals surface area contributed by atoms with Crippen molar-refractivity contribution < 1.29 is 0 Å². The molecule has 1 heteroatoms. The van der Waals surface area contributed by atoms with Crippen molar-refractivity contribution in [1.29, 1.82) is 0 Å². The fraction of sp³-hybridized carbons (Fsp3) is 0.368. The highest BCUT2D eigenvalue weighted by Gasteiger charge is 1.98. The molecule has 0 saturated heterocycles. The molecule has 0 radical (unpaired) electrons. The van der Waals surface area contributed by atoms with Crippen molar-refractivity contribution in [3.05, 3.63) is 56.8 Å². The van der Waals surface area contributed by atoms with Crippen LogP contribution in [-0.4, -0.2) is 0 Å². The Labute approximate surface area is 126 Å². The van der Waals surface area contributed by atoms with E-state index in [1.165, 1.54) is 46.6 Å². The van der Waals surface area contributed by atoms with Gasteiger partial charge in [0.05, 0.1) is 0 Å². The first-order valence-electron chi connectivity index (χ1n) is 7.37. The van der Waals surface area contributed by atoms with Crippen LogP contribution >= 0.6 is 11.3 Å². The van der Waals surface area contributed by atoms with Crippen LogP contribution in [0.2, 0.25) is 0 Å². The summed E-state index contributed by atoms with van der Waals surface area (Å²) >= 11 is 1.82. The Balaban J connectivity index is 2.02. The summed E-state index contributed by atoms with van der Waals surface area (Å²) in [6.07, 6.45) is 5.07. The van der Waals surface area contributed by atoms with Crippen LogP contribution in [0.15, 0.2) is 30.3 Å². The minimum Gasteiger partial charge on any atom is -0.145 e. The van der Waals surface area contributed by atoms with Gasteiger partial charge in [-0.15, -0.1) is 11.3 Å². The van der Waals surface area contributed by atoms with E-state index in [0.29, 0.717) is 0 Å². The molecule has 0 aliphatic rings. The van der Waals surface area contributed by atoms with Gasteiger partial charge < -0.3 is 0 Å². The zero-order chi connectivity index (χ0) is 14.4. The van der Waals surface area contributed by atoms with Crippen molar-refractivity contribution in [2.75, 3.05) is 0 Å². The van der Waals surface area contributed by atoms with Crippen LogP contribution in [0, 0.1) is 25.7 Å². The highest BCUT2D eigenvalue weighted by molar-refractivity contribution is 7.12. The Morgan fingerprint density at radius 3 is 2.35 bits per heavy atom. The first kappa shape index (κ1) is 14.9. The van der Waals surface area contributed by atoms with Gasteiger partial charge in [-0.2, -0.15) is 0 Å². The van der Waals surface area contributed by atoms with Gasteiger partial charge in [-0.05, 0) is 50.5 Å². The maximum Gasteiger partial charge on any atom is 0.0388 e. The van der Waals surface area contributed by atoms with Crippen LogP contribution in [0.25, 0.3) is 0 Å². The predicted molar refractivity (Wildman–Crippen MR) is 89.4 cm³/mol. The molecule has 1 heterocycles. The second kappa shape index (κ2) is 7.31. The number of hydrogen-bond acceptors (Lipinski definition) is 1. The van der Waals surface area contributed by atoms with E-state index in [9.17, 15) is 0 Å². The molecule has 2 rings (SSSR count). The Morgan fingerprint density at radius 1 is 1.00 bits per heavy atom. The smallest absolute Gasteiger partial charge is 0.0388 e. The van der Waals surface area contributed by atoms with Gasteiger partial charge in [0.1, 0.15) is 0 Å². The Morgan fingerprint density at radius 2 is 1.75 bits per heavy atom. The average molecular weight is 282 g/mol. The lowest BCUT2D eigenvalue weighted by Gasteiger charge is -2.00. The van der Waals surface area contributed by atoms with Crippen LogP contribution in [0.5, 0.6) is 0 Å². The maximum absolute atomic E-state index is 3.28. The van der Waals surface area contributed by atoms with Crippen LogP contribution in [-0.2, 0) is 6.42 Å². The van der Waals surface area contributed by atoms with Gasteiger partial charge in [-0.1, -0.05) is 43.7 Å². The molecule has 0 unspecified atom stereocenters. The van der Waals surface area contributed by atoms with E-state index in [4.69, 9.17) is 0 Å². The molecule has 0 fully saturated rings. The summed E-state index contributed by atoms with van der Waals surface area (Å²) in [5, 5.41) is 0. The Hall–Kier alpha value is -1.52. The van der Waals surface area contributed by atoms with E-state index in [1.54, 1.807) is 0 Å². The fourth-order valence-corrected chi connectivity index (χ4v) is 3.11. The number of hydrogen-bond donors (Lipinski definition) is 0. The van der Waals surface area contributed by atoms with E-state index >= 15 is 0 Å². The number of rotatable bonds is 4. The SMILES string of the molecule is CCCCCc1ccc(C#Cc2cc(C)sc2C)cc1. The molecule has 0 nitrogen and oxygen atoms in total. The standard InChI is InChI=1S/C19H22S/c1-4-5-6-7-17-8-10-18(11-9-17)12-13-19-14-15(2)20-16(19)3/h8-11,14H,4-7H2,1-3H3. The van der Waals surface area contributed by atoms with Gasteiger partial charge in [0.25, 0.3) is 0 Å². The lowest BCUT2D eigenvalue weighted by atomic mass is 10.1. The zero-order valence-electron chi connectivity index (χ0n) is 12.6. The summed E-state index contributed by atoms with van der Waals surface area (Å²) in [4.78, 5) is 2.64. The van der Waals surface area contributed by atoms with Gasteiger partial charge >= 0.3 is 0 Å². The van der Waals surface area contributed by atoms with Gasteiger partial charge in [-0.25, -0.2) is 0 Å². The van der Waals surface area contributed by atoms with Crippen LogP contribution in [0.3, 0.4) is 0 Å². The molecule has 0 aliphatic heterocycles. The molecule has 0 N–H and O–H groups in total. The van der Waals surface area contributed by atoms with Crippen molar-refractivity contribution in [1.82, 2.24) is 0 Å². The van der Waals surface area contributed by atoms with Crippen LogP contribution < -0.4 is 0 Å². The Bertz CT molecular complexity index is 605. The van der Waals surface area contributed by atoms with Gasteiger partial charge in [0, 0.05) is 20.9 Å². The molecule has 1 aromatic heterocycles. The van der Waals surface area contributed by atoms with Gasteiger partial charge in [0.15, 0.2) is 0 Å². The molecule has 0 bridgehead atoms. The van der Waals surface area contributed by atoms with Crippen LogP contribution in [0.4, 0.5) is 0 Å². The van der Waals surface area contributed by atoms with E-state index in [-0.39, 0.29) is 0 Å². The van der Waals surface area contributed by atoms with E-state index in [1.807, 2.05) is 11.3 Å². The number of benzene rings is 1. The first-order valence-corrected chi connectivity index (χ1v) is 8.18. The second-order valence-corrected chi connectivity index (χ2v) is 6.69. The van der Waals surface area contributed by atoms with Crippen molar-refractivity contribution in [2.45, 2.75) is 46.5 Å². The average Bonchev–Trinajstić information content (AvgIpc) is 2.76. The molecule has 1 aromatic carbocycles. The minimum absolute atomic E-state index is 1.10. The van der Waals surface area contributed by atoms with Gasteiger partial charge in [0.2, 0.25) is 0 Å². The lowest BCUT2D eigenvalue weighted by molar-refractivity contribution is 0.717. The summed E-state index contributed by atoms with van der Waals surface area (Å²) in [5.41, 5.74) is 3.69. The maximum atomic E-state index is 3.28. The summed E-state index contributed by atoms with van der Waals surface area (Å²) in [6.45, 7) is 6.51. The van der Waals surface area contributed by atoms with Crippen LogP contribution in [0.1, 0.15) is 52.6 Å². The van der Waals surface area contributed by atoms with E-state index in [0.717, 1.165) is 5.56 Å². The van der Waals surface area contributed by atoms with Crippen molar-refractivity contribution in [3.63, 3.8) is 0 Å². The third-order valence-corrected chi connectivity index (χ3v) is 4.37. The molecular formula is C19H22S. The molecule has 20 heavy (non-hydrogen) atoms. The summed E-state index contributed by atoms with van der Waals surface area (Å²) in [6, 6.07) is 10.9. The summed E-state index contributed by atoms with van der Waals surface area (Å²) in [5.74, 6) is 6.55. The molecule has 0 atom stereocenters. The topological polar surface area (TPSA) is 0 Å². The molecular weight excluding hydrogens is 260 g/mol. The third kappa shape index (κ3) is 4.25. The molecule has 2 aromatic rings. The lowest BCUT2D eigenvalue weighted by Crippen LogP contribution is -1.85. The molecule has 0 aliphatic carbocycles. The fourth-order valence-electron chi connectivity index (χ4n) is 2.23. The summed E-state index contributed by atoms with van der Waals surface area (Å²) in [7, 11) is 0. The minimum atomic E-state index is 1.10. The van der Waals surface area contributed by atoms with E-state index in [2.05, 4.69) is 62.9 Å². The first-order chi connectivity index (χ1) is 9.69. The van der Waals surface area contributed by atoms with Gasteiger partial charge in [-0.3, -0.25) is 0 Å². The molecule has 0 saturated carbocycles. The van der Waals surface area contributed by atoms with E-state index < -0.39 is 0 Å². The molecule has 0 spiro atoms. The van der Waals surface area contributed by atoms with Crippen molar-refractivity contribution >= 4 is 11.3 Å². The van der Waals surface area contributed by atoms with Crippen molar-refractivity contribution in [3.8, 4) is 11.8 Å². The quantitative estimate of drug-likeness (QED) is 0.513. The molecule has 0 amide bonds. The highest BCUT2D eigenvalue weighted by atomic mass is 32.1. The number of unbranched alkanes of at least 4 members (excludes halogenated alkanes) is 2. The third-order valence-electron chi connectivity index (χ3n) is 3.41. The predicted octanol–water partition coefficient (Wildman–Crippen LogP) is 5.50. The zero-order valence-corrected chi connectivity index (χ0v) is 13.4. The summed E-state index contributed by atoms with van der Waals surface area (Å²) < 4.78 is 0. The monoisotopic (exact) mass is 282 g/mol.